The van der Waals surface area contributed by atoms with Gasteiger partial charge < -0.3 is 10.1 Å². The summed E-state index contributed by atoms with van der Waals surface area (Å²) in [5, 5.41) is 4.37. The second-order valence-electron chi connectivity index (χ2n) is 4.30. The van der Waals surface area contributed by atoms with E-state index < -0.39 is 0 Å². The van der Waals surface area contributed by atoms with E-state index in [1.54, 1.807) is 11.3 Å². The maximum absolute atomic E-state index is 5.88. The van der Waals surface area contributed by atoms with Crippen LogP contribution in [0.15, 0.2) is 27.3 Å². The molecule has 0 amide bonds. The van der Waals surface area contributed by atoms with Crippen LogP contribution < -0.4 is 10.1 Å². The third-order valence-electron chi connectivity index (χ3n) is 2.67. The lowest BCUT2D eigenvalue weighted by Crippen LogP contribution is -2.11. The van der Waals surface area contributed by atoms with Crippen molar-refractivity contribution in [1.82, 2.24) is 10.3 Å². The number of nitrogens with one attached hydrogen (secondary N) is 1. The lowest BCUT2D eigenvalue weighted by atomic mass is 10.2. The Balaban J connectivity index is 2.07. The van der Waals surface area contributed by atoms with E-state index in [9.17, 15) is 0 Å². The molecular weight excluding hydrogens is 404 g/mol. The molecule has 0 spiro atoms. The van der Waals surface area contributed by atoms with Crippen LogP contribution in [0.4, 0.5) is 0 Å². The number of nitrogens with zero attached hydrogens (tertiary/aromatic N) is 1. The Hall–Kier alpha value is -0.430. The van der Waals surface area contributed by atoms with Gasteiger partial charge in [0.25, 0.3) is 0 Å². The first kappa shape index (κ1) is 15.9. The Morgan fingerprint density at radius 3 is 2.55 bits per heavy atom. The summed E-state index contributed by atoms with van der Waals surface area (Å²) in [6.07, 6.45) is 1.86. The highest BCUT2D eigenvalue weighted by molar-refractivity contribution is 9.11. The van der Waals surface area contributed by atoms with Crippen LogP contribution in [0.1, 0.15) is 22.4 Å². The van der Waals surface area contributed by atoms with Crippen LogP contribution in [0.5, 0.6) is 5.75 Å². The molecule has 1 aromatic carbocycles. The van der Waals surface area contributed by atoms with E-state index in [4.69, 9.17) is 4.74 Å². The molecule has 0 saturated carbocycles. The summed E-state index contributed by atoms with van der Waals surface area (Å²) in [7, 11) is 0. The lowest BCUT2D eigenvalue weighted by molar-refractivity contribution is 0.305. The topological polar surface area (TPSA) is 34.1 Å². The summed E-state index contributed by atoms with van der Waals surface area (Å²) in [4.78, 5) is 5.35. The molecule has 0 aliphatic carbocycles. The van der Waals surface area contributed by atoms with E-state index >= 15 is 0 Å². The standard InChI is InChI=1S/C14H16Br2N2OS/c1-3-17-6-10-4-12(15)14(13(16)5-10)19-8-11-7-18-9(2)20-11/h4-5,7,17H,3,6,8H2,1-2H3. The van der Waals surface area contributed by atoms with Crippen LogP contribution in [-0.4, -0.2) is 11.5 Å². The van der Waals surface area contributed by atoms with Gasteiger partial charge >= 0.3 is 0 Å². The minimum Gasteiger partial charge on any atom is -0.486 e. The molecule has 0 bridgehead atoms. The van der Waals surface area contributed by atoms with Crippen molar-refractivity contribution in [3.8, 4) is 5.75 Å². The first-order chi connectivity index (χ1) is 9.60. The van der Waals surface area contributed by atoms with Gasteiger partial charge in [-0.2, -0.15) is 0 Å². The van der Waals surface area contributed by atoms with E-state index in [0.717, 1.165) is 37.7 Å². The van der Waals surface area contributed by atoms with Crippen molar-refractivity contribution < 1.29 is 4.74 Å². The molecule has 2 aromatic rings. The molecule has 0 radical (unpaired) electrons. The second kappa shape index (κ2) is 7.54. The second-order valence-corrected chi connectivity index (χ2v) is 7.33. The quantitative estimate of drug-likeness (QED) is 0.738. The average Bonchev–Trinajstić information content (AvgIpc) is 2.81. The number of hydrogen-bond donors (Lipinski definition) is 1. The molecule has 6 heteroatoms. The van der Waals surface area contributed by atoms with Gasteiger partial charge in [-0.15, -0.1) is 11.3 Å². The van der Waals surface area contributed by atoms with E-state index in [1.807, 2.05) is 13.1 Å². The fourth-order valence-electron chi connectivity index (χ4n) is 1.74. The molecule has 0 aliphatic heterocycles. The van der Waals surface area contributed by atoms with Crippen molar-refractivity contribution in [3.05, 3.63) is 42.7 Å². The number of rotatable bonds is 6. The summed E-state index contributed by atoms with van der Waals surface area (Å²) in [5.74, 6) is 0.830. The minimum absolute atomic E-state index is 0.537. The van der Waals surface area contributed by atoms with Crippen molar-refractivity contribution in [3.63, 3.8) is 0 Å². The molecule has 0 fully saturated rings. The van der Waals surface area contributed by atoms with Crippen LogP contribution in [0, 0.1) is 6.92 Å². The summed E-state index contributed by atoms with van der Waals surface area (Å²) in [6, 6.07) is 4.17. The van der Waals surface area contributed by atoms with E-state index in [2.05, 4.69) is 61.2 Å². The van der Waals surface area contributed by atoms with Crippen LogP contribution in [0.2, 0.25) is 0 Å². The van der Waals surface area contributed by atoms with Gasteiger partial charge in [0.15, 0.2) is 0 Å². The number of halogens is 2. The zero-order valence-electron chi connectivity index (χ0n) is 11.4. The van der Waals surface area contributed by atoms with Gasteiger partial charge in [0.05, 0.1) is 18.8 Å². The minimum atomic E-state index is 0.537. The highest BCUT2D eigenvalue weighted by atomic mass is 79.9. The fourth-order valence-corrected chi connectivity index (χ4v) is 3.96. The first-order valence-corrected chi connectivity index (χ1v) is 8.73. The van der Waals surface area contributed by atoms with Crippen molar-refractivity contribution in [1.29, 1.82) is 0 Å². The maximum atomic E-state index is 5.88. The van der Waals surface area contributed by atoms with Crippen LogP contribution in [-0.2, 0) is 13.2 Å². The SMILES string of the molecule is CCNCc1cc(Br)c(OCc2cnc(C)s2)c(Br)c1. The van der Waals surface area contributed by atoms with Gasteiger partial charge in [-0.1, -0.05) is 6.92 Å². The predicted molar refractivity (Wildman–Crippen MR) is 90.4 cm³/mol. The van der Waals surface area contributed by atoms with Crippen LogP contribution in [0.25, 0.3) is 0 Å². The molecule has 108 valence electrons. The van der Waals surface area contributed by atoms with E-state index in [0.29, 0.717) is 6.61 Å². The first-order valence-electron chi connectivity index (χ1n) is 6.33. The normalized spacial score (nSPS) is 10.8. The van der Waals surface area contributed by atoms with Crippen LogP contribution >= 0.6 is 43.2 Å². The molecular formula is C14H16Br2N2OS. The maximum Gasteiger partial charge on any atom is 0.148 e. The Morgan fingerprint density at radius 1 is 1.30 bits per heavy atom. The van der Waals surface area contributed by atoms with Gasteiger partial charge in [-0.05, 0) is 63.0 Å². The van der Waals surface area contributed by atoms with Gasteiger partial charge in [0.1, 0.15) is 12.4 Å². The number of ether oxygens (including phenoxy) is 1. The zero-order chi connectivity index (χ0) is 14.5. The Labute approximate surface area is 140 Å². The van der Waals surface area contributed by atoms with E-state index in [1.165, 1.54) is 5.56 Å². The number of thiazole rings is 1. The summed E-state index contributed by atoms with van der Waals surface area (Å²) in [5.41, 5.74) is 1.21. The average molecular weight is 420 g/mol. The number of aryl methyl sites for hydroxylation is 1. The summed E-state index contributed by atoms with van der Waals surface area (Å²) >= 11 is 8.80. The van der Waals surface area contributed by atoms with Crippen molar-refractivity contribution in [2.75, 3.05) is 6.54 Å². The van der Waals surface area contributed by atoms with Gasteiger partial charge in [0, 0.05) is 12.7 Å². The van der Waals surface area contributed by atoms with Gasteiger partial charge in [-0.3, -0.25) is 0 Å². The Bertz CT molecular complexity index is 563. The third kappa shape index (κ3) is 4.28. The smallest absolute Gasteiger partial charge is 0.148 e. The Morgan fingerprint density at radius 2 is 2.00 bits per heavy atom. The van der Waals surface area contributed by atoms with Crippen molar-refractivity contribution in [2.45, 2.75) is 27.0 Å². The molecule has 0 aliphatic rings. The summed E-state index contributed by atoms with van der Waals surface area (Å²) < 4.78 is 7.80. The molecule has 3 nitrogen and oxygen atoms in total. The number of benzene rings is 1. The predicted octanol–water partition coefficient (Wildman–Crippen LogP) is 4.67. The van der Waals surface area contributed by atoms with E-state index in [-0.39, 0.29) is 0 Å². The molecule has 0 saturated heterocycles. The molecule has 0 atom stereocenters. The number of hydrogen-bond acceptors (Lipinski definition) is 4. The fraction of sp³-hybridized carbons (Fsp3) is 0.357. The van der Waals surface area contributed by atoms with Gasteiger partial charge in [0.2, 0.25) is 0 Å². The molecule has 1 aromatic heterocycles. The van der Waals surface area contributed by atoms with Crippen molar-refractivity contribution >= 4 is 43.2 Å². The monoisotopic (exact) mass is 418 g/mol. The zero-order valence-corrected chi connectivity index (χ0v) is 15.4. The highest BCUT2D eigenvalue weighted by Crippen LogP contribution is 2.35. The lowest BCUT2D eigenvalue weighted by Gasteiger charge is -2.12. The molecule has 20 heavy (non-hydrogen) atoms. The van der Waals surface area contributed by atoms with Gasteiger partial charge in [-0.25, -0.2) is 4.98 Å². The molecule has 1 heterocycles. The summed E-state index contributed by atoms with van der Waals surface area (Å²) in [6.45, 7) is 6.43. The Kier molecular flexibility index (Phi) is 6.01. The van der Waals surface area contributed by atoms with Crippen LogP contribution in [0.3, 0.4) is 0 Å². The van der Waals surface area contributed by atoms with Crippen molar-refractivity contribution in [2.24, 2.45) is 0 Å². The largest absolute Gasteiger partial charge is 0.486 e. The number of aromatic nitrogens is 1. The molecule has 0 unspecified atom stereocenters. The molecule has 2 rings (SSSR count). The third-order valence-corrected chi connectivity index (χ3v) is 4.73. The molecule has 1 N–H and O–H groups in total. The highest BCUT2D eigenvalue weighted by Gasteiger charge is 2.10.